The molecule has 0 bridgehead atoms. The smallest absolute Gasteiger partial charge is 0.422 e. The van der Waals surface area contributed by atoms with Crippen LogP contribution in [-0.2, 0) is 30.4 Å². The quantitative estimate of drug-likeness (QED) is 0.374. The van der Waals surface area contributed by atoms with E-state index in [2.05, 4.69) is 21.3 Å². The predicted octanol–water partition coefficient (Wildman–Crippen LogP) is 5.61. The Hall–Kier alpha value is -3.92. The third kappa shape index (κ3) is 4.01. The molecular formula is C27H22F3N3O4. The number of nitrogens with zero attached hydrogens (tertiary/aromatic N) is 3. The van der Waals surface area contributed by atoms with Crippen LogP contribution in [0.25, 0.3) is 34.0 Å². The first-order chi connectivity index (χ1) is 17.7. The van der Waals surface area contributed by atoms with E-state index in [4.69, 9.17) is 14.2 Å². The summed E-state index contributed by atoms with van der Waals surface area (Å²) in [5.41, 5.74) is 3.92. The van der Waals surface area contributed by atoms with Gasteiger partial charge in [0.25, 0.3) is 0 Å². The van der Waals surface area contributed by atoms with E-state index in [-0.39, 0.29) is 23.0 Å². The van der Waals surface area contributed by atoms with E-state index >= 15 is 0 Å². The third-order valence-corrected chi connectivity index (χ3v) is 7.18. The number of likely N-dealkylation sites (tertiary alicyclic amines) is 1. The summed E-state index contributed by atoms with van der Waals surface area (Å²) in [6.07, 6.45) is -3.67. The molecular weight excluding hydrogens is 487 g/mol. The molecule has 2 aromatic carbocycles. The average Bonchev–Trinajstić information content (AvgIpc) is 3.46. The molecule has 0 unspecified atom stereocenters. The van der Waals surface area contributed by atoms with Crippen molar-refractivity contribution in [3.63, 3.8) is 0 Å². The first-order valence-electron chi connectivity index (χ1n) is 11.9. The molecule has 37 heavy (non-hydrogen) atoms. The lowest BCUT2D eigenvalue weighted by Crippen LogP contribution is -2.49. The first-order valence-corrected chi connectivity index (χ1v) is 11.9. The fourth-order valence-corrected chi connectivity index (χ4v) is 5.19. The van der Waals surface area contributed by atoms with Crippen LogP contribution in [0.5, 0.6) is 0 Å². The van der Waals surface area contributed by atoms with Gasteiger partial charge in [0.1, 0.15) is 11.3 Å². The Labute approximate surface area is 209 Å². The number of rotatable bonds is 5. The maximum absolute atomic E-state index is 14.2. The largest absolute Gasteiger partial charge is 0.481 e. The van der Waals surface area contributed by atoms with Crippen LogP contribution in [0.1, 0.15) is 27.8 Å². The van der Waals surface area contributed by atoms with Gasteiger partial charge in [-0.2, -0.15) is 13.2 Å². The topological polar surface area (TPSA) is 92.6 Å². The van der Waals surface area contributed by atoms with Gasteiger partial charge in [0.05, 0.1) is 5.92 Å². The van der Waals surface area contributed by atoms with Crippen molar-refractivity contribution in [2.45, 2.75) is 32.5 Å². The van der Waals surface area contributed by atoms with Gasteiger partial charge in [0.2, 0.25) is 0 Å². The highest BCUT2D eigenvalue weighted by Crippen LogP contribution is 2.46. The van der Waals surface area contributed by atoms with E-state index in [0.717, 1.165) is 22.3 Å². The van der Waals surface area contributed by atoms with Gasteiger partial charge in [-0.05, 0) is 42.5 Å². The van der Waals surface area contributed by atoms with E-state index in [1.54, 1.807) is 18.2 Å². The lowest BCUT2D eigenvalue weighted by atomic mass is 9.85. The maximum Gasteiger partial charge on any atom is 0.422 e. The van der Waals surface area contributed by atoms with Crippen molar-refractivity contribution < 1.29 is 32.1 Å². The van der Waals surface area contributed by atoms with Gasteiger partial charge in [-0.25, -0.2) is 0 Å². The Morgan fingerprint density at radius 3 is 2.46 bits per heavy atom. The predicted molar refractivity (Wildman–Crippen MR) is 126 cm³/mol. The van der Waals surface area contributed by atoms with Crippen LogP contribution in [0.2, 0.25) is 0 Å². The van der Waals surface area contributed by atoms with Gasteiger partial charge >= 0.3 is 12.1 Å². The summed E-state index contributed by atoms with van der Waals surface area (Å²) in [6, 6.07) is 12.1. The molecule has 7 nitrogen and oxygen atoms in total. The van der Waals surface area contributed by atoms with Gasteiger partial charge < -0.3 is 14.2 Å². The van der Waals surface area contributed by atoms with Crippen molar-refractivity contribution in [1.82, 2.24) is 15.2 Å². The monoisotopic (exact) mass is 509 g/mol. The Morgan fingerprint density at radius 1 is 1.05 bits per heavy atom. The number of hydrogen-bond acceptors (Lipinski definition) is 6. The molecule has 0 atom stereocenters. The molecule has 1 fully saturated rings. The summed E-state index contributed by atoms with van der Waals surface area (Å²) in [4.78, 5) is 13.2. The lowest BCUT2D eigenvalue weighted by molar-refractivity contribution is -0.147. The maximum atomic E-state index is 14.2. The molecule has 0 amide bonds. The number of hydrogen-bond donors (Lipinski definition) is 1. The van der Waals surface area contributed by atoms with E-state index in [9.17, 15) is 18.0 Å². The molecule has 1 saturated heterocycles. The number of aliphatic carboxylic acids is 1. The van der Waals surface area contributed by atoms with Crippen molar-refractivity contribution in [2.75, 3.05) is 13.1 Å². The highest BCUT2D eigenvalue weighted by Gasteiger charge is 2.43. The minimum Gasteiger partial charge on any atom is -0.481 e. The molecule has 6 rings (SSSR count). The number of benzene rings is 2. The van der Waals surface area contributed by atoms with Gasteiger partial charge in [0, 0.05) is 36.3 Å². The average molecular weight is 509 g/mol. The molecule has 0 radical (unpaired) electrons. The molecule has 2 aliphatic rings. The standard InChI is InChI=1S/C27H22F3N3O4/c1-14-9-20-16(10-17(14)11-33-12-18(13-33)26(34)35)7-8-19-22(20)31-37-25(19)23-21(27(28,29)30)24(36-32-23)15-5-3-2-4-6-15/h2-6,9-10,18H,7-8,11-13H2,1H3,(H,34,35). The Bertz CT molecular complexity index is 1500. The summed E-state index contributed by atoms with van der Waals surface area (Å²) in [5.74, 6) is -1.49. The number of carboxylic acid groups (broad SMARTS) is 1. The van der Waals surface area contributed by atoms with Gasteiger partial charge in [0.15, 0.2) is 17.2 Å². The molecule has 1 aliphatic carbocycles. The second-order valence-corrected chi connectivity index (χ2v) is 9.60. The Balaban J connectivity index is 1.35. The van der Waals surface area contributed by atoms with Crippen molar-refractivity contribution in [1.29, 1.82) is 0 Å². The van der Waals surface area contributed by atoms with Crippen LogP contribution in [0.3, 0.4) is 0 Å². The number of halogens is 3. The molecule has 2 aromatic heterocycles. The van der Waals surface area contributed by atoms with Crippen molar-refractivity contribution in [3.05, 3.63) is 70.3 Å². The normalized spacial score (nSPS) is 15.8. The highest BCUT2D eigenvalue weighted by atomic mass is 19.4. The van der Waals surface area contributed by atoms with Crippen LogP contribution in [-0.4, -0.2) is 39.4 Å². The fraction of sp³-hybridized carbons (Fsp3) is 0.296. The van der Waals surface area contributed by atoms with Gasteiger partial charge in [-0.1, -0.05) is 46.7 Å². The number of aromatic nitrogens is 2. The third-order valence-electron chi connectivity index (χ3n) is 7.18. The summed E-state index contributed by atoms with van der Waals surface area (Å²) < 4.78 is 53.3. The van der Waals surface area contributed by atoms with Gasteiger partial charge in [-0.15, -0.1) is 0 Å². The van der Waals surface area contributed by atoms with Crippen LogP contribution in [0.15, 0.2) is 51.5 Å². The number of fused-ring (bicyclic) bond motifs is 3. The van der Waals surface area contributed by atoms with Gasteiger partial charge in [-0.3, -0.25) is 9.69 Å². The van der Waals surface area contributed by atoms with Crippen LogP contribution < -0.4 is 0 Å². The lowest BCUT2D eigenvalue weighted by Gasteiger charge is -2.37. The first kappa shape index (κ1) is 23.5. The Kier molecular flexibility index (Phi) is 5.45. The summed E-state index contributed by atoms with van der Waals surface area (Å²) in [5, 5.41) is 17.1. The summed E-state index contributed by atoms with van der Waals surface area (Å²) >= 11 is 0. The van der Waals surface area contributed by atoms with Crippen molar-refractivity contribution in [3.8, 4) is 34.0 Å². The zero-order valence-electron chi connectivity index (χ0n) is 19.8. The zero-order valence-corrected chi connectivity index (χ0v) is 19.8. The molecule has 0 spiro atoms. The molecule has 1 N–H and O–H groups in total. The molecule has 4 aromatic rings. The van der Waals surface area contributed by atoms with Crippen LogP contribution in [0, 0.1) is 12.8 Å². The van der Waals surface area contributed by atoms with Crippen molar-refractivity contribution >= 4 is 5.97 Å². The number of aryl methyl sites for hydroxylation is 2. The second-order valence-electron chi connectivity index (χ2n) is 9.60. The minimum atomic E-state index is -4.71. The molecule has 1 aliphatic heterocycles. The summed E-state index contributed by atoms with van der Waals surface area (Å²) in [7, 11) is 0. The second kappa shape index (κ2) is 8.58. The molecule has 190 valence electrons. The van der Waals surface area contributed by atoms with E-state index < -0.39 is 23.4 Å². The highest BCUT2D eigenvalue weighted by molar-refractivity contribution is 5.79. The SMILES string of the molecule is Cc1cc2c(cc1CN1CC(C(=O)O)C1)CCc1c-2noc1-c1noc(-c2ccccc2)c1C(F)(F)F. The fourth-order valence-electron chi connectivity index (χ4n) is 5.19. The number of carboxylic acids is 1. The molecule has 0 saturated carbocycles. The van der Waals surface area contributed by atoms with Crippen LogP contribution in [0.4, 0.5) is 13.2 Å². The number of alkyl halides is 3. The van der Waals surface area contributed by atoms with E-state index in [0.29, 0.717) is 43.7 Å². The van der Waals surface area contributed by atoms with Crippen LogP contribution >= 0.6 is 0 Å². The Morgan fingerprint density at radius 2 is 1.76 bits per heavy atom. The molecule has 10 heteroatoms. The molecule has 3 heterocycles. The van der Waals surface area contributed by atoms with E-state index in [1.165, 1.54) is 12.1 Å². The minimum absolute atomic E-state index is 0.0269. The van der Waals surface area contributed by atoms with Crippen molar-refractivity contribution in [2.24, 2.45) is 5.92 Å². The number of carbonyl (C=O) groups is 1. The van der Waals surface area contributed by atoms with E-state index in [1.807, 2.05) is 13.0 Å². The summed E-state index contributed by atoms with van der Waals surface area (Å²) in [6.45, 7) is 3.65. The zero-order chi connectivity index (χ0) is 25.9.